The largest absolute Gasteiger partial charge is 0.372 e. The fraction of sp³-hybridized carbons (Fsp3) is 0.455. The molecular formula is C22H30N4O2S. The molecule has 0 unspecified atom stereocenters. The predicted octanol–water partition coefficient (Wildman–Crippen LogP) is 3.32. The van der Waals surface area contributed by atoms with Crippen molar-refractivity contribution in [2.75, 3.05) is 42.9 Å². The SMILES string of the molecule is CCN(CC(=O)NCc1cccs1)CC(=O)Nc1ccc(N2CCCCC2)cc1. The van der Waals surface area contributed by atoms with Gasteiger partial charge in [0.15, 0.2) is 0 Å². The number of nitrogens with one attached hydrogen (secondary N) is 2. The Morgan fingerprint density at radius 2 is 1.76 bits per heavy atom. The molecule has 0 radical (unpaired) electrons. The summed E-state index contributed by atoms with van der Waals surface area (Å²) in [5.41, 5.74) is 1.99. The summed E-state index contributed by atoms with van der Waals surface area (Å²) in [6.45, 7) is 5.72. The summed E-state index contributed by atoms with van der Waals surface area (Å²) >= 11 is 1.62. The van der Waals surface area contributed by atoms with E-state index in [0.717, 1.165) is 23.7 Å². The van der Waals surface area contributed by atoms with E-state index in [1.165, 1.54) is 24.9 Å². The van der Waals surface area contributed by atoms with Crippen molar-refractivity contribution >= 4 is 34.5 Å². The molecule has 0 saturated carbocycles. The highest BCUT2D eigenvalue weighted by molar-refractivity contribution is 7.09. The average Bonchev–Trinajstić information content (AvgIpc) is 3.26. The van der Waals surface area contributed by atoms with Gasteiger partial charge in [-0.2, -0.15) is 0 Å². The highest BCUT2D eigenvalue weighted by Crippen LogP contribution is 2.21. The molecule has 6 nitrogen and oxygen atoms in total. The number of likely N-dealkylation sites (N-methyl/N-ethyl adjacent to an activating group) is 1. The second kappa shape index (κ2) is 11.0. The highest BCUT2D eigenvalue weighted by Gasteiger charge is 2.14. The Hall–Kier alpha value is -2.38. The van der Waals surface area contributed by atoms with Gasteiger partial charge in [0.1, 0.15) is 0 Å². The molecule has 2 heterocycles. The van der Waals surface area contributed by atoms with Gasteiger partial charge in [-0.1, -0.05) is 13.0 Å². The maximum Gasteiger partial charge on any atom is 0.238 e. The molecule has 1 aromatic carbocycles. The molecule has 1 saturated heterocycles. The zero-order valence-electron chi connectivity index (χ0n) is 17.0. The number of thiophene rings is 1. The Balaban J connectivity index is 1.43. The molecule has 3 rings (SSSR count). The topological polar surface area (TPSA) is 64.7 Å². The third-order valence-corrected chi connectivity index (χ3v) is 5.97. The summed E-state index contributed by atoms with van der Waals surface area (Å²) in [5.74, 6) is -0.178. The maximum atomic E-state index is 12.4. The van der Waals surface area contributed by atoms with Crippen molar-refractivity contribution in [3.63, 3.8) is 0 Å². The number of nitrogens with zero attached hydrogens (tertiary/aromatic N) is 2. The van der Waals surface area contributed by atoms with Crippen molar-refractivity contribution in [1.29, 1.82) is 0 Å². The van der Waals surface area contributed by atoms with Crippen LogP contribution in [0.4, 0.5) is 11.4 Å². The fourth-order valence-electron chi connectivity index (χ4n) is 3.45. The lowest BCUT2D eigenvalue weighted by atomic mass is 10.1. The van der Waals surface area contributed by atoms with Crippen LogP contribution >= 0.6 is 11.3 Å². The van der Waals surface area contributed by atoms with Crippen LogP contribution < -0.4 is 15.5 Å². The summed E-state index contributed by atoms with van der Waals surface area (Å²) in [7, 11) is 0. The first kappa shape index (κ1) is 21.3. The number of amides is 2. The van der Waals surface area contributed by atoms with E-state index in [4.69, 9.17) is 0 Å². The Morgan fingerprint density at radius 1 is 1.03 bits per heavy atom. The molecule has 0 aliphatic carbocycles. The molecule has 7 heteroatoms. The zero-order chi connectivity index (χ0) is 20.5. The summed E-state index contributed by atoms with van der Waals surface area (Å²) in [6.07, 6.45) is 3.79. The molecule has 0 atom stereocenters. The number of carbonyl (C=O) groups excluding carboxylic acids is 2. The standard InChI is InChI=1S/C22H30N4O2S/c1-2-25(16-21(27)23-15-20-7-6-14-29-20)17-22(28)24-18-8-10-19(11-9-18)26-12-4-3-5-13-26/h6-11,14H,2-5,12-13,15-17H2,1H3,(H,23,27)(H,24,28). The van der Waals surface area contributed by atoms with Crippen molar-refractivity contribution in [2.24, 2.45) is 0 Å². The number of anilines is 2. The number of hydrogen-bond acceptors (Lipinski definition) is 5. The van der Waals surface area contributed by atoms with Crippen molar-refractivity contribution in [3.8, 4) is 0 Å². The van der Waals surface area contributed by atoms with Crippen LogP contribution in [0.2, 0.25) is 0 Å². The molecule has 0 spiro atoms. The third-order valence-electron chi connectivity index (χ3n) is 5.09. The minimum absolute atomic E-state index is 0.0704. The van der Waals surface area contributed by atoms with E-state index in [1.807, 2.05) is 41.5 Å². The average molecular weight is 415 g/mol. The first-order valence-corrected chi connectivity index (χ1v) is 11.2. The number of piperidine rings is 1. The molecule has 1 aromatic heterocycles. The number of carbonyl (C=O) groups is 2. The molecule has 156 valence electrons. The lowest BCUT2D eigenvalue weighted by molar-refractivity contribution is -0.123. The normalized spacial score (nSPS) is 14.1. The maximum absolute atomic E-state index is 12.4. The Labute approximate surface area is 176 Å². The van der Waals surface area contributed by atoms with Gasteiger partial charge in [0, 0.05) is 29.3 Å². The Morgan fingerprint density at radius 3 is 2.41 bits per heavy atom. The van der Waals surface area contributed by atoms with Crippen molar-refractivity contribution < 1.29 is 9.59 Å². The lowest BCUT2D eigenvalue weighted by Gasteiger charge is -2.28. The molecule has 1 aliphatic heterocycles. The summed E-state index contributed by atoms with van der Waals surface area (Å²) < 4.78 is 0. The van der Waals surface area contributed by atoms with Gasteiger partial charge in [-0.25, -0.2) is 0 Å². The Kier molecular flexibility index (Phi) is 8.07. The van der Waals surface area contributed by atoms with Gasteiger partial charge in [0.2, 0.25) is 11.8 Å². The first-order valence-electron chi connectivity index (χ1n) is 10.3. The van der Waals surface area contributed by atoms with Crippen LogP contribution in [0.5, 0.6) is 0 Å². The molecular weight excluding hydrogens is 384 g/mol. The molecule has 1 aliphatic rings. The van der Waals surface area contributed by atoms with Gasteiger partial charge in [-0.3, -0.25) is 14.5 Å². The minimum Gasteiger partial charge on any atom is -0.372 e. The molecule has 2 aromatic rings. The van der Waals surface area contributed by atoms with Crippen molar-refractivity contribution in [3.05, 3.63) is 46.7 Å². The van der Waals surface area contributed by atoms with Crippen LogP contribution in [-0.2, 0) is 16.1 Å². The molecule has 2 amide bonds. The monoisotopic (exact) mass is 414 g/mol. The van der Waals surface area contributed by atoms with Crippen LogP contribution in [0, 0.1) is 0 Å². The molecule has 29 heavy (non-hydrogen) atoms. The van der Waals surface area contributed by atoms with Crippen LogP contribution in [0.1, 0.15) is 31.1 Å². The van der Waals surface area contributed by atoms with Crippen molar-refractivity contribution in [2.45, 2.75) is 32.7 Å². The van der Waals surface area contributed by atoms with E-state index >= 15 is 0 Å². The zero-order valence-corrected chi connectivity index (χ0v) is 17.8. The van der Waals surface area contributed by atoms with Crippen molar-refractivity contribution in [1.82, 2.24) is 10.2 Å². The van der Waals surface area contributed by atoms with Gasteiger partial charge in [0.25, 0.3) is 0 Å². The molecule has 1 fully saturated rings. The number of rotatable bonds is 9. The second-order valence-electron chi connectivity index (χ2n) is 7.30. The minimum atomic E-state index is -0.108. The highest BCUT2D eigenvalue weighted by atomic mass is 32.1. The van der Waals surface area contributed by atoms with E-state index in [9.17, 15) is 9.59 Å². The number of hydrogen-bond donors (Lipinski definition) is 2. The van der Waals surface area contributed by atoms with E-state index in [2.05, 4.69) is 27.7 Å². The molecule has 2 N–H and O–H groups in total. The summed E-state index contributed by atoms with van der Waals surface area (Å²) in [5, 5.41) is 7.83. The van der Waals surface area contributed by atoms with Crippen LogP contribution in [0.25, 0.3) is 0 Å². The molecule has 0 bridgehead atoms. The quantitative estimate of drug-likeness (QED) is 0.661. The van der Waals surface area contributed by atoms with Gasteiger partial charge in [0.05, 0.1) is 19.6 Å². The van der Waals surface area contributed by atoms with E-state index in [0.29, 0.717) is 13.1 Å². The van der Waals surface area contributed by atoms with Gasteiger partial charge in [-0.15, -0.1) is 11.3 Å². The first-order chi connectivity index (χ1) is 14.1. The summed E-state index contributed by atoms with van der Waals surface area (Å²) in [6, 6.07) is 12.0. The summed E-state index contributed by atoms with van der Waals surface area (Å²) in [4.78, 5) is 29.9. The van der Waals surface area contributed by atoms with Gasteiger partial charge >= 0.3 is 0 Å². The second-order valence-corrected chi connectivity index (χ2v) is 8.33. The van der Waals surface area contributed by atoms with Crippen LogP contribution in [0.15, 0.2) is 41.8 Å². The number of benzene rings is 1. The lowest BCUT2D eigenvalue weighted by Crippen LogP contribution is -2.40. The Bertz CT molecular complexity index is 771. The smallest absolute Gasteiger partial charge is 0.238 e. The third kappa shape index (κ3) is 6.87. The van der Waals surface area contributed by atoms with Crippen LogP contribution in [0.3, 0.4) is 0 Å². The van der Waals surface area contributed by atoms with E-state index in [-0.39, 0.29) is 24.9 Å². The van der Waals surface area contributed by atoms with E-state index < -0.39 is 0 Å². The van der Waals surface area contributed by atoms with Gasteiger partial charge < -0.3 is 15.5 Å². The van der Waals surface area contributed by atoms with Gasteiger partial charge in [-0.05, 0) is 61.5 Å². The van der Waals surface area contributed by atoms with Crippen LogP contribution in [-0.4, -0.2) is 49.4 Å². The van der Waals surface area contributed by atoms with E-state index in [1.54, 1.807) is 11.3 Å². The fourth-order valence-corrected chi connectivity index (χ4v) is 4.09. The predicted molar refractivity (Wildman–Crippen MR) is 119 cm³/mol.